The molecule has 214 valence electrons. The molecule has 0 saturated heterocycles. The molecule has 0 saturated carbocycles. The minimum atomic E-state index is -0.221. The Morgan fingerprint density at radius 2 is 1.77 bits per heavy atom. The first kappa shape index (κ1) is 29.7. The van der Waals surface area contributed by atoms with E-state index in [0.717, 1.165) is 39.0 Å². The first-order chi connectivity index (χ1) is 21.0. The van der Waals surface area contributed by atoms with E-state index in [1.807, 2.05) is 91.9 Å². The summed E-state index contributed by atoms with van der Waals surface area (Å²) in [6.45, 7) is 2.46. The highest BCUT2D eigenvalue weighted by Gasteiger charge is 2.12. The van der Waals surface area contributed by atoms with Crippen LogP contribution < -0.4 is 10.1 Å². The quantitative estimate of drug-likeness (QED) is 0.162. The SMILES string of the molecule is Cc1ccc2cccc(OCc3c(Cl)ccc(C=CCNC(=O)C=Cc4ccc(C=Cc5ccncc5)nc4)c3Cl)c2n1. The maximum atomic E-state index is 12.3. The van der Waals surface area contributed by atoms with Gasteiger partial charge in [0.05, 0.1) is 10.7 Å². The van der Waals surface area contributed by atoms with Crippen LogP contribution in [0.4, 0.5) is 0 Å². The van der Waals surface area contributed by atoms with Gasteiger partial charge in [-0.05, 0) is 72.2 Å². The van der Waals surface area contributed by atoms with Gasteiger partial charge in [-0.25, -0.2) is 4.98 Å². The van der Waals surface area contributed by atoms with Gasteiger partial charge in [0.15, 0.2) is 0 Å². The van der Waals surface area contributed by atoms with Crippen molar-refractivity contribution < 1.29 is 9.53 Å². The number of rotatable bonds is 10. The Bertz CT molecular complexity index is 1820. The van der Waals surface area contributed by atoms with Crippen molar-refractivity contribution in [3.63, 3.8) is 0 Å². The van der Waals surface area contributed by atoms with E-state index in [-0.39, 0.29) is 12.5 Å². The standard InChI is InChI=1S/C35H28Cl2N4O2/c1-24-7-11-28-4-2-6-32(35(28)41-24)43-23-30-31(36)15-12-27(34(30)37)5-3-19-39-33(42)16-10-26-9-14-29(40-22-26)13-8-25-17-20-38-21-18-25/h2-18,20-22H,19,23H2,1H3,(H,39,42). The summed E-state index contributed by atoms with van der Waals surface area (Å²) in [5, 5.41) is 4.83. The van der Waals surface area contributed by atoms with Gasteiger partial charge < -0.3 is 10.1 Å². The smallest absolute Gasteiger partial charge is 0.244 e. The van der Waals surface area contributed by atoms with Crippen LogP contribution in [0.2, 0.25) is 10.0 Å². The number of para-hydroxylation sites is 1. The van der Waals surface area contributed by atoms with Crippen molar-refractivity contribution in [2.24, 2.45) is 0 Å². The van der Waals surface area contributed by atoms with Gasteiger partial charge in [-0.15, -0.1) is 0 Å². The summed E-state index contributed by atoms with van der Waals surface area (Å²) in [7, 11) is 0. The van der Waals surface area contributed by atoms with E-state index in [1.54, 1.807) is 30.7 Å². The van der Waals surface area contributed by atoms with E-state index in [0.29, 0.717) is 27.9 Å². The average molecular weight is 608 g/mol. The average Bonchev–Trinajstić information content (AvgIpc) is 3.03. The summed E-state index contributed by atoms with van der Waals surface area (Å²) in [4.78, 5) is 25.4. The number of aryl methyl sites for hydroxylation is 1. The van der Waals surface area contributed by atoms with Crippen molar-refractivity contribution in [3.05, 3.63) is 141 Å². The summed E-state index contributed by atoms with van der Waals surface area (Å²) in [5.41, 5.74) is 5.83. The zero-order valence-corrected chi connectivity index (χ0v) is 24.9. The monoisotopic (exact) mass is 606 g/mol. The molecule has 0 aliphatic carbocycles. The van der Waals surface area contributed by atoms with Crippen LogP contribution >= 0.6 is 23.2 Å². The number of pyridine rings is 3. The Morgan fingerprint density at radius 3 is 2.58 bits per heavy atom. The molecule has 1 N–H and O–H groups in total. The van der Waals surface area contributed by atoms with Gasteiger partial charge in [0.1, 0.15) is 17.9 Å². The lowest BCUT2D eigenvalue weighted by Crippen LogP contribution is -2.20. The lowest BCUT2D eigenvalue weighted by Gasteiger charge is -2.13. The first-order valence-electron chi connectivity index (χ1n) is 13.6. The molecule has 0 aliphatic rings. The highest BCUT2D eigenvalue weighted by atomic mass is 35.5. The van der Waals surface area contributed by atoms with Crippen molar-refractivity contribution in [2.75, 3.05) is 6.54 Å². The maximum Gasteiger partial charge on any atom is 0.244 e. The van der Waals surface area contributed by atoms with Crippen LogP contribution in [-0.4, -0.2) is 27.4 Å². The molecule has 0 unspecified atom stereocenters. The molecule has 8 heteroatoms. The number of amides is 1. The normalized spacial score (nSPS) is 11.6. The lowest BCUT2D eigenvalue weighted by molar-refractivity contribution is -0.116. The number of nitrogens with zero attached hydrogens (tertiary/aromatic N) is 3. The molecule has 5 aromatic rings. The van der Waals surface area contributed by atoms with Crippen molar-refractivity contribution in [1.29, 1.82) is 0 Å². The lowest BCUT2D eigenvalue weighted by atomic mass is 10.1. The number of nitrogens with one attached hydrogen (secondary N) is 1. The van der Waals surface area contributed by atoms with E-state index in [4.69, 9.17) is 27.9 Å². The number of hydrogen-bond acceptors (Lipinski definition) is 5. The topological polar surface area (TPSA) is 77.0 Å². The van der Waals surface area contributed by atoms with Crippen LogP contribution in [0.1, 0.15) is 33.6 Å². The van der Waals surface area contributed by atoms with Gasteiger partial charge in [0, 0.05) is 52.9 Å². The predicted octanol–water partition coefficient (Wildman–Crippen LogP) is 8.23. The zero-order valence-electron chi connectivity index (χ0n) is 23.4. The molecule has 5 rings (SSSR count). The van der Waals surface area contributed by atoms with E-state index >= 15 is 0 Å². The van der Waals surface area contributed by atoms with E-state index < -0.39 is 0 Å². The summed E-state index contributed by atoms with van der Waals surface area (Å²) in [6.07, 6.45) is 16.0. The van der Waals surface area contributed by atoms with Gasteiger partial charge in [-0.1, -0.05) is 71.8 Å². The number of halogens is 2. The highest BCUT2D eigenvalue weighted by Crippen LogP contribution is 2.31. The fraction of sp³-hybridized carbons (Fsp3) is 0.0857. The Kier molecular flexibility index (Phi) is 9.95. The highest BCUT2D eigenvalue weighted by molar-refractivity contribution is 6.36. The van der Waals surface area contributed by atoms with Gasteiger partial charge in [-0.2, -0.15) is 0 Å². The summed E-state index contributed by atoms with van der Waals surface area (Å²) >= 11 is 13.2. The van der Waals surface area contributed by atoms with Crippen LogP contribution in [0, 0.1) is 6.92 Å². The Hall–Kier alpha value is -4.78. The molecule has 0 spiro atoms. The number of ether oxygens (including phenoxy) is 1. The fourth-order valence-corrected chi connectivity index (χ4v) is 4.75. The molecular formula is C35H28Cl2N4O2. The predicted molar refractivity (Wildman–Crippen MR) is 176 cm³/mol. The van der Waals surface area contributed by atoms with Crippen molar-refractivity contribution in [3.8, 4) is 5.75 Å². The number of carbonyl (C=O) groups excluding carboxylic acids is 1. The molecule has 3 aromatic heterocycles. The van der Waals surface area contributed by atoms with Gasteiger partial charge in [0.2, 0.25) is 5.91 Å². The van der Waals surface area contributed by atoms with Gasteiger partial charge in [0.25, 0.3) is 0 Å². The van der Waals surface area contributed by atoms with Crippen LogP contribution in [0.3, 0.4) is 0 Å². The Morgan fingerprint density at radius 1 is 0.907 bits per heavy atom. The van der Waals surface area contributed by atoms with Crippen molar-refractivity contribution in [1.82, 2.24) is 20.3 Å². The third-order valence-corrected chi connectivity index (χ3v) is 7.29. The number of benzene rings is 2. The molecule has 1 amide bonds. The molecule has 0 atom stereocenters. The van der Waals surface area contributed by atoms with Gasteiger partial charge in [-0.3, -0.25) is 14.8 Å². The second kappa shape index (κ2) is 14.4. The largest absolute Gasteiger partial charge is 0.487 e. The minimum Gasteiger partial charge on any atom is -0.487 e. The maximum absolute atomic E-state index is 12.3. The molecule has 3 heterocycles. The van der Waals surface area contributed by atoms with Crippen molar-refractivity contribution >= 4 is 64.3 Å². The van der Waals surface area contributed by atoms with E-state index in [9.17, 15) is 4.79 Å². The van der Waals surface area contributed by atoms with Crippen LogP contribution in [0.5, 0.6) is 5.75 Å². The Labute approximate surface area is 260 Å². The second-order valence-electron chi connectivity index (χ2n) is 9.61. The number of aromatic nitrogens is 3. The summed E-state index contributed by atoms with van der Waals surface area (Å²) in [6, 6.07) is 21.0. The van der Waals surface area contributed by atoms with E-state index in [2.05, 4.69) is 20.3 Å². The first-order valence-corrected chi connectivity index (χ1v) is 14.3. The summed E-state index contributed by atoms with van der Waals surface area (Å²) < 4.78 is 6.10. The van der Waals surface area contributed by atoms with Crippen LogP contribution in [0.25, 0.3) is 35.2 Å². The molecule has 2 aromatic carbocycles. The van der Waals surface area contributed by atoms with Crippen LogP contribution in [-0.2, 0) is 11.4 Å². The number of carbonyl (C=O) groups is 1. The third-order valence-electron chi connectivity index (χ3n) is 6.49. The zero-order chi connectivity index (χ0) is 30.0. The van der Waals surface area contributed by atoms with Crippen LogP contribution in [0.15, 0.2) is 97.5 Å². The molecular weight excluding hydrogens is 579 g/mol. The van der Waals surface area contributed by atoms with E-state index in [1.165, 1.54) is 6.08 Å². The molecule has 43 heavy (non-hydrogen) atoms. The molecule has 6 nitrogen and oxygen atoms in total. The molecule has 0 bridgehead atoms. The molecule has 0 aliphatic heterocycles. The van der Waals surface area contributed by atoms with Crippen molar-refractivity contribution in [2.45, 2.75) is 13.5 Å². The van der Waals surface area contributed by atoms with Gasteiger partial charge >= 0.3 is 0 Å². The summed E-state index contributed by atoms with van der Waals surface area (Å²) in [5.74, 6) is 0.441. The second-order valence-corrected chi connectivity index (χ2v) is 10.4. The number of hydrogen-bond donors (Lipinski definition) is 1. The molecule has 0 fully saturated rings. The minimum absolute atomic E-state index is 0.187. The third kappa shape index (κ3) is 8.16. The Balaban J connectivity index is 1.14. The molecule has 0 radical (unpaired) electrons. The fourth-order valence-electron chi connectivity index (χ4n) is 4.21. The number of fused-ring (bicyclic) bond motifs is 1.